The van der Waals surface area contributed by atoms with Crippen LogP contribution in [0.15, 0.2) is 0 Å². The molecule has 15 heavy (non-hydrogen) atoms. The molecule has 1 saturated heterocycles. The highest BCUT2D eigenvalue weighted by Crippen LogP contribution is 2.08. The monoisotopic (exact) mass is 215 g/mol. The van der Waals surface area contributed by atoms with Crippen molar-refractivity contribution in [1.82, 2.24) is 5.32 Å². The Morgan fingerprint density at radius 1 is 1.60 bits per heavy atom. The summed E-state index contributed by atoms with van der Waals surface area (Å²) in [6.45, 7) is 2.44. The molecule has 1 fully saturated rings. The van der Waals surface area contributed by atoms with Gasteiger partial charge in [0.2, 0.25) is 0 Å². The van der Waals surface area contributed by atoms with E-state index in [0.717, 1.165) is 19.4 Å². The van der Waals surface area contributed by atoms with Crippen LogP contribution in [0.25, 0.3) is 0 Å². The van der Waals surface area contributed by atoms with Crippen molar-refractivity contribution in [1.29, 1.82) is 0 Å². The molecule has 0 aromatic heterocycles. The van der Waals surface area contributed by atoms with Crippen LogP contribution in [-0.4, -0.2) is 36.2 Å². The number of nitrogens with one attached hydrogen (secondary N) is 1. The van der Waals surface area contributed by atoms with Gasteiger partial charge < -0.3 is 15.2 Å². The summed E-state index contributed by atoms with van der Waals surface area (Å²) in [6.07, 6.45) is 1.73. The minimum Gasteiger partial charge on any atom is -0.396 e. The summed E-state index contributed by atoms with van der Waals surface area (Å²) in [4.78, 5) is 22.6. The van der Waals surface area contributed by atoms with E-state index in [1.165, 1.54) is 0 Å². The highest BCUT2D eigenvalue weighted by Gasteiger charge is 2.25. The lowest BCUT2D eigenvalue weighted by Crippen LogP contribution is -2.34. The largest absolute Gasteiger partial charge is 0.396 e. The Bertz CT molecular complexity index is 236. The molecule has 1 rings (SSSR count). The summed E-state index contributed by atoms with van der Waals surface area (Å²) >= 11 is 0. The molecular formula is C10H17NO4. The molecular weight excluding hydrogens is 198 g/mol. The minimum atomic E-state index is -0.560. The van der Waals surface area contributed by atoms with Crippen molar-refractivity contribution in [3.05, 3.63) is 0 Å². The molecule has 0 spiro atoms. The first-order valence-corrected chi connectivity index (χ1v) is 5.22. The van der Waals surface area contributed by atoms with Crippen LogP contribution in [0.3, 0.4) is 0 Å². The Kier molecular flexibility index (Phi) is 4.71. The Labute approximate surface area is 88.8 Å². The second-order valence-corrected chi connectivity index (χ2v) is 3.93. The number of hydrogen-bond acceptors (Lipinski definition) is 5. The maximum absolute atomic E-state index is 11.4. The molecule has 5 nitrogen and oxygen atoms in total. The maximum Gasteiger partial charge on any atom is 0.330 e. The molecule has 0 saturated carbocycles. The number of aliphatic hydroxyl groups is 1. The summed E-state index contributed by atoms with van der Waals surface area (Å²) in [5, 5.41) is 11.7. The van der Waals surface area contributed by atoms with Crippen molar-refractivity contribution in [2.24, 2.45) is 5.92 Å². The average molecular weight is 215 g/mol. The molecule has 2 atom stereocenters. The van der Waals surface area contributed by atoms with Gasteiger partial charge >= 0.3 is 11.9 Å². The van der Waals surface area contributed by atoms with Crippen molar-refractivity contribution in [3.8, 4) is 0 Å². The number of esters is 2. The van der Waals surface area contributed by atoms with Gasteiger partial charge in [0.1, 0.15) is 6.04 Å². The quantitative estimate of drug-likeness (QED) is 0.503. The molecule has 5 heteroatoms. The van der Waals surface area contributed by atoms with Gasteiger partial charge in [-0.1, -0.05) is 6.92 Å². The maximum atomic E-state index is 11.4. The summed E-state index contributed by atoms with van der Waals surface area (Å²) in [5.74, 6) is -1.22. The van der Waals surface area contributed by atoms with E-state index in [4.69, 9.17) is 5.11 Å². The van der Waals surface area contributed by atoms with Gasteiger partial charge in [0.25, 0.3) is 0 Å². The van der Waals surface area contributed by atoms with E-state index < -0.39 is 11.9 Å². The van der Waals surface area contributed by atoms with Crippen molar-refractivity contribution in [2.75, 3.05) is 13.2 Å². The molecule has 1 unspecified atom stereocenters. The van der Waals surface area contributed by atoms with Gasteiger partial charge in [-0.15, -0.1) is 0 Å². The summed E-state index contributed by atoms with van der Waals surface area (Å²) < 4.78 is 4.66. The Morgan fingerprint density at radius 2 is 2.33 bits per heavy atom. The molecule has 0 aromatic carbocycles. The second-order valence-electron chi connectivity index (χ2n) is 3.93. The molecule has 86 valence electrons. The third kappa shape index (κ3) is 3.97. The molecule has 0 aromatic rings. The topological polar surface area (TPSA) is 75.6 Å². The zero-order valence-corrected chi connectivity index (χ0v) is 8.86. The zero-order chi connectivity index (χ0) is 11.3. The van der Waals surface area contributed by atoms with Crippen LogP contribution >= 0.6 is 0 Å². The predicted octanol–water partition coefficient (Wildman–Crippen LogP) is -0.173. The third-order valence-corrected chi connectivity index (χ3v) is 2.39. The lowest BCUT2D eigenvalue weighted by atomic mass is 10.1. The van der Waals surface area contributed by atoms with Gasteiger partial charge in [-0.25, -0.2) is 4.79 Å². The van der Waals surface area contributed by atoms with Gasteiger partial charge in [-0.05, 0) is 25.3 Å². The van der Waals surface area contributed by atoms with Crippen LogP contribution in [0.1, 0.15) is 26.2 Å². The third-order valence-electron chi connectivity index (χ3n) is 2.39. The standard InChI is InChI=1S/C10H17NO4/c1-7(6-12)5-9(13)15-10(14)8-3-2-4-11-8/h7-8,11-12H,2-6H2,1H3/t7?,8-/m0/s1. The molecule has 0 radical (unpaired) electrons. The van der Waals surface area contributed by atoms with Crippen LogP contribution in [0, 0.1) is 5.92 Å². The lowest BCUT2D eigenvalue weighted by Gasteiger charge is -2.10. The number of ether oxygens (including phenoxy) is 1. The van der Waals surface area contributed by atoms with Crippen LogP contribution in [-0.2, 0) is 14.3 Å². The van der Waals surface area contributed by atoms with Crippen molar-refractivity contribution >= 4 is 11.9 Å². The first-order chi connectivity index (χ1) is 7.13. The highest BCUT2D eigenvalue weighted by molar-refractivity contribution is 5.88. The van der Waals surface area contributed by atoms with Crippen molar-refractivity contribution < 1.29 is 19.4 Å². The smallest absolute Gasteiger partial charge is 0.330 e. The van der Waals surface area contributed by atoms with E-state index >= 15 is 0 Å². The van der Waals surface area contributed by atoms with Gasteiger partial charge in [-0.2, -0.15) is 0 Å². The molecule has 1 aliphatic rings. The molecule has 1 heterocycles. The van der Waals surface area contributed by atoms with Gasteiger partial charge in [0.05, 0.1) is 6.42 Å². The number of carbonyl (C=O) groups excluding carboxylic acids is 2. The predicted molar refractivity (Wildman–Crippen MR) is 53.0 cm³/mol. The van der Waals surface area contributed by atoms with E-state index in [0.29, 0.717) is 0 Å². The van der Waals surface area contributed by atoms with E-state index in [1.54, 1.807) is 6.92 Å². The number of hydrogen-bond donors (Lipinski definition) is 2. The van der Waals surface area contributed by atoms with Crippen LogP contribution in [0.5, 0.6) is 0 Å². The number of carbonyl (C=O) groups is 2. The molecule has 2 N–H and O–H groups in total. The van der Waals surface area contributed by atoms with Gasteiger partial charge in [-0.3, -0.25) is 4.79 Å². The SMILES string of the molecule is CC(CO)CC(=O)OC(=O)[C@@H]1CCCN1. The van der Waals surface area contributed by atoms with E-state index in [2.05, 4.69) is 10.1 Å². The normalized spacial score (nSPS) is 22.4. The molecule has 1 aliphatic heterocycles. The van der Waals surface area contributed by atoms with E-state index in [9.17, 15) is 9.59 Å². The molecule has 0 aliphatic carbocycles. The van der Waals surface area contributed by atoms with Gasteiger partial charge in [0, 0.05) is 6.61 Å². The zero-order valence-electron chi connectivity index (χ0n) is 8.86. The fraction of sp³-hybridized carbons (Fsp3) is 0.800. The summed E-state index contributed by atoms with van der Waals surface area (Å²) in [6, 6.07) is -0.335. The second kappa shape index (κ2) is 5.82. The minimum absolute atomic E-state index is 0.0783. The Morgan fingerprint density at radius 3 is 2.87 bits per heavy atom. The summed E-state index contributed by atoms with van der Waals surface area (Å²) in [5.41, 5.74) is 0. The van der Waals surface area contributed by atoms with E-state index in [1.807, 2.05) is 0 Å². The number of rotatable bonds is 4. The number of aliphatic hydroxyl groups excluding tert-OH is 1. The average Bonchev–Trinajstić information content (AvgIpc) is 2.70. The van der Waals surface area contributed by atoms with Crippen LogP contribution < -0.4 is 5.32 Å². The highest BCUT2D eigenvalue weighted by atomic mass is 16.6. The molecule has 0 amide bonds. The van der Waals surface area contributed by atoms with Gasteiger partial charge in [0.15, 0.2) is 0 Å². The van der Waals surface area contributed by atoms with Crippen molar-refractivity contribution in [3.63, 3.8) is 0 Å². The first-order valence-electron chi connectivity index (χ1n) is 5.22. The van der Waals surface area contributed by atoms with Crippen LogP contribution in [0.4, 0.5) is 0 Å². The molecule has 0 bridgehead atoms. The lowest BCUT2D eigenvalue weighted by molar-refractivity contribution is -0.161. The van der Waals surface area contributed by atoms with Crippen molar-refractivity contribution in [2.45, 2.75) is 32.2 Å². The fourth-order valence-electron chi connectivity index (χ4n) is 1.46. The Balaban J connectivity index is 2.27. The fourth-order valence-corrected chi connectivity index (χ4v) is 1.46. The van der Waals surface area contributed by atoms with Crippen LogP contribution in [0.2, 0.25) is 0 Å². The first kappa shape index (κ1) is 12.1. The summed E-state index contributed by atoms with van der Waals surface area (Å²) in [7, 11) is 0. The Hall–Kier alpha value is -0.940. The van der Waals surface area contributed by atoms with E-state index in [-0.39, 0.29) is 25.0 Å².